The summed E-state index contributed by atoms with van der Waals surface area (Å²) in [6.07, 6.45) is 9.71. The van der Waals surface area contributed by atoms with Gasteiger partial charge in [-0.25, -0.2) is 0 Å². The summed E-state index contributed by atoms with van der Waals surface area (Å²) in [5.41, 5.74) is 22.3. The molecule has 0 spiro atoms. The molecule has 4 atom stereocenters. The molecule has 5 heteroatoms. The predicted molar refractivity (Wildman–Crippen MR) is 282 cm³/mol. The minimum Gasteiger partial charge on any atom is -0.335 e. The van der Waals surface area contributed by atoms with E-state index in [0.717, 1.165) is 12.8 Å². The van der Waals surface area contributed by atoms with E-state index in [0.29, 0.717) is 0 Å². The highest BCUT2D eigenvalue weighted by molar-refractivity contribution is 7.01. The van der Waals surface area contributed by atoms with E-state index in [-0.39, 0.29) is 34.0 Å². The maximum Gasteiger partial charge on any atom is 0.252 e. The third-order valence-electron chi connectivity index (χ3n) is 18.3. The molecule has 0 amide bonds. The molecule has 330 valence electrons. The largest absolute Gasteiger partial charge is 0.335 e. The van der Waals surface area contributed by atoms with Gasteiger partial charge in [0.15, 0.2) is 0 Å². The second-order valence-electron chi connectivity index (χ2n) is 24.0. The number of aryl methyl sites for hydroxylation is 2. The Bertz CT molecular complexity index is 2960. The zero-order valence-corrected chi connectivity index (χ0v) is 42.0. The molecule has 3 nitrogen and oxygen atoms in total. The molecule has 0 N–H and O–H groups in total. The normalized spacial score (nSPS) is 26.0. The molecular formula is C60H68BN3Si. The van der Waals surface area contributed by atoms with Crippen molar-refractivity contribution in [3.63, 3.8) is 0 Å². The highest BCUT2D eigenvalue weighted by Crippen LogP contribution is 2.66. The van der Waals surface area contributed by atoms with Gasteiger partial charge < -0.3 is 14.7 Å². The Morgan fingerprint density at radius 1 is 0.554 bits per heavy atom. The van der Waals surface area contributed by atoms with Gasteiger partial charge in [-0.1, -0.05) is 168 Å². The van der Waals surface area contributed by atoms with Crippen LogP contribution >= 0.6 is 0 Å². The lowest BCUT2D eigenvalue weighted by atomic mass is 9.33. The van der Waals surface area contributed by atoms with Crippen LogP contribution < -0.4 is 36.3 Å². The molecule has 2 fully saturated rings. The maximum absolute atomic E-state index is 2.98. The molecule has 0 aromatic heterocycles. The van der Waals surface area contributed by atoms with Crippen molar-refractivity contribution < 1.29 is 0 Å². The first-order valence-corrected chi connectivity index (χ1v) is 28.6. The summed E-state index contributed by atoms with van der Waals surface area (Å²) in [6.45, 7) is 27.4. The van der Waals surface area contributed by atoms with Crippen LogP contribution in [0.4, 0.5) is 39.8 Å². The predicted octanol–water partition coefficient (Wildman–Crippen LogP) is 13.3. The van der Waals surface area contributed by atoms with Crippen LogP contribution in [-0.4, -0.2) is 25.9 Å². The fourth-order valence-corrected chi connectivity index (χ4v) is 15.8. The van der Waals surface area contributed by atoms with Crippen LogP contribution in [0.1, 0.15) is 126 Å². The number of anilines is 7. The SMILES string of the molecule is Cc1ccc(N2c3ccc(C)cc3B3c4cc([Si](C)(C)C)cc5c4N(c4cc(N6c7ccc(C(C)(C)C)cc7C7(C)CCCCC67C)cc2c43)C2(C)CCCCC52c2ccccc2)cc1. The van der Waals surface area contributed by atoms with Crippen LogP contribution in [0.15, 0.2) is 115 Å². The van der Waals surface area contributed by atoms with Gasteiger partial charge >= 0.3 is 0 Å². The zero-order chi connectivity index (χ0) is 45.2. The number of rotatable bonds is 4. The summed E-state index contributed by atoms with van der Waals surface area (Å²) in [4.78, 5) is 8.51. The summed E-state index contributed by atoms with van der Waals surface area (Å²) < 4.78 is 0. The molecule has 12 rings (SSSR count). The molecule has 0 radical (unpaired) electrons. The van der Waals surface area contributed by atoms with Crippen LogP contribution in [0.2, 0.25) is 19.6 Å². The van der Waals surface area contributed by atoms with E-state index in [4.69, 9.17) is 0 Å². The number of hydrogen-bond donors (Lipinski definition) is 0. The summed E-state index contributed by atoms with van der Waals surface area (Å²) in [5, 5.41) is 1.58. The molecule has 65 heavy (non-hydrogen) atoms. The van der Waals surface area contributed by atoms with Crippen LogP contribution in [0, 0.1) is 13.8 Å². The highest BCUT2D eigenvalue weighted by atomic mass is 28.3. The van der Waals surface area contributed by atoms with Crippen LogP contribution in [0.25, 0.3) is 0 Å². The minimum atomic E-state index is -1.78. The third-order valence-corrected chi connectivity index (χ3v) is 20.3. The first kappa shape index (κ1) is 41.4. The number of nitrogens with zero attached hydrogens (tertiary/aromatic N) is 3. The van der Waals surface area contributed by atoms with Gasteiger partial charge in [-0.05, 0) is 134 Å². The van der Waals surface area contributed by atoms with E-state index in [1.165, 1.54) is 117 Å². The van der Waals surface area contributed by atoms with Crippen LogP contribution in [0.3, 0.4) is 0 Å². The molecular weight excluding hydrogens is 802 g/mol. The fourth-order valence-electron chi connectivity index (χ4n) is 14.6. The van der Waals surface area contributed by atoms with Gasteiger partial charge in [-0.2, -0.15) is 0 Å². The first-order valence-electron chi connectivity index (χ1n) is 25.1. The van der Waals surface area contributed by atoms with Crippen molar-refractivity contribution in [2.75, 3.05) is 14.7 Å². The van der Waals surface area contributed by atoms with Crippen molar-refractivity contribution >= 4 is 76.2 Å². The van der Waals surface area contributed by atoms with E-state index in [2.05, 4.69) is 205 Å². The highest BCUT2D eigenvalue weighted by Gasteiger charge is 2.65. The van der Waals surface area contributed by atoms with Gasteiger partial charge in [0.1, 0.15) is 0 Å². The monoisotopic (exact) mass is 870 g/mol. The molecule has 4 aliphatic heterocycles. The Kier molecular flexibility index (Phi) is 8.64. The fraction of sp³-hybridized carbons (Fsp3) is 0.400. The number of benzene rings is 6. The van der Waals surface area contributed by atoms with Crippen LogP contribution in [0.5, 0.6) is 0 Å². The minimum absolute atomic E-state index is 0.0246. The van der Waals surface area contributed by atoms with E-state index in [1.54, 1.807) is 16.3 Å². The second kappa shape index (κ2) is 13.6. The summed E-state index contributed by atoms with van der Waals surface area (Å²) in [6, 6.07) is 46.9. The first-order chi connectivity index (χ1) is 30.9. The lowest BCUT2D eigenvalue weighted by Crippen LogP contribution is -2.65. The Morgan fingerprint density at radius 2 is 1.22 bits per heavy atom. The third kappa shape index (κ3) is 5.37. The average Bonchev–Trinajstić information content (AvgIpc) is 3.64. The molecule has 6 aromatic rings. The summed E-state index contributed by atoms with van der Waals surface area (Å²) in [7, 11) is -1.78. The van der Waals surface area contributed by atoms with Crippen molar-refractivity contribution in [3.05, 3.63) is 149 Å². The number of hydrogen-bond acceptors (Lipinski definition) is 3. The van der Waals surface area contributed by atoms with Crippen molar-refractivity contribution in [2.45, 2.75) is 154 Å². The lowest BCUT2D eigenvalue weighted by Gasteiger charge is -2.54. The molecule has 6 aliphatic rings. The summed E-state index contributed by atoms with van der Waals surface area (Å²) >= 11 is 0. The Labute approximate surface area is 391 Å². The molecule has 2 saturated carbocycles. The van der Waals surface area contributed by atoms with Gasteiger partial charge in [-0.3, -0.25) is 0 Å². The van der Waals surface area contributed by atoms with E-state index < -0.39 is 8.07 Å². The van der Waals surface area contributed by atoms with Crippen molar-refractivity contribution in [3.8, 4) is 0 Å². The van der Waals surface area contributed by atoms with E-state index in [9.17, 15) is 0 Å². The van der Waals surface area contributed by atoms with Crippen molar-refractivity contribution in [2.24, 2.45) is 0 Å². The van der Waals surface area contributed by atoms with Gasteiger partial charge in [0, 0.05) is 50.6 Å². The summed E-state index contributed by atoms with van der Waals surface area (Å²) in [5.74, 6) is 0. The van der Waals surface area contributed by atoms with Gasteiger partial charge in [0.2, 0.25) is 0 Å². The van der Waals surface area contributed by atoms with Crippen LogP contribution in [-0.2, 0) is 16.2 Å². The average molecular weight is 870 g/mol. The lowest BCUT2D eigenvalue weighted by molar-refractivity contribution is 0.194. The van der Waals surface area contributed by atoms with E-state index >= 15 is 0 Å². The Hall–Kier alpha value is -5.00. The second-order valence-corrected chi connectivity index (χ2v) is 29.1. The zero-order valence-electron chi connectivity index (χ0n) is 41.0. The van der Waals surface area contributed by atoms with Gasteiger partial charge in [0.05, 0.1) is 19.2 Å². The quantitative estimate of drug-likeness (QED) is 0.163. The topological polar surface area (TPSA) is 9.72 Å². The standard InChI is InChI=1S/C60H68BN3Si/c1-39-21-25-43(26-22-39)62-51-27-23-40(2)33-48(51)61-49-38-45(65(9,10)11)37-47-55(49)64(59(8)31-17-18-32-60(47,59)41-19-13-12-14-20-41)53-36-44(35-52(62)54(53)61)63-50-28-24-42(56(3,4)5)34-46(50)57(6)29-15-16-30-58(57,63)7/h12-14,19-28,33-38H,15-18,29-32H2,1-11H3. The van der Waals surface area contributed by atoms with Crippen molar-refractivity contribution in [1.29, 1.82) is 0 Å². The smallest absolute Gasteiger partial charge is 0.252 e. The van der Waals surface area contributed by atoms with Crippen molar-refractivity contribution in [1.82, 2.24) is 0 Å². The molecule has 0 bridgehead atoms. The van der Waals surface area contributed by atoms with Gasteiger partial charge in [0.25, 0.3) is 6.71 Å². The van der Waals surface area contributed by atoms with E-state index in [1.807, 2.05) is 0 Å². The molecule has 0 saturated heterocycles. The molecule has 2 aliphatic carbocycles. The van der Waals surface area contributed by atoms with Gasteiger partial charge in [-0.15, -0.1) is 0 Å². The molecule has 6 aromatic carbocycles. The maximum atomic E-state index is 2.98. The molecule has 4 unspecified atom stereocenters. The molecule has 4 heterocycles. The Balaban J connectivity index is 1.23. The Morgan fingerprint density at radius 3 is 1.94 bits per heavy atom. The number of fused-ring (bicyclic) bond motifs is 10.